The lowest BCUT2D eigenvalue weighted by molar-refractivity contribution is 0.0946. The first-order chi connectivity index (χ1) is 16.3. The van der Waals surface area contributed by atoms with Crippen LogP contribution in [0, 0.1) is 0 Å². The standard InChI is InChI=1S/C23H21BrN6O4/c1-29-19-13-27-18(21(31)28-12-14-6-7-26-20(25)10-14)11-17(19)22(32)30(23(29)33)8-9-34-16-4-2-15(24)3-5-16/h2-7,10-11,13H,8-9,12H2,1H3,(H2,25,26)(H,28,31). The average molecular weight is 525 g/mol. The van der Waals surface area contributed by atoms with Crippen LogP contribution in [0.15, 0.2) is 68.9 Å². The summed E-state index contributed by atoms with van der Waals surface area (Å²) in [6.45, 7) is 0.386. The summed E-state index contributed by atoms with van der Waals surface area (Å²) in [5.74, 6) is 0.504. The number of nitrogens with zero attached hydrogens (tertiary/aromatic N) is 4. The van der Waals surface area contributed by atoms with Crippen molar-refractivity contribution in [2.45, 2.75) is 13.1 Å². The van der Waals surface area contributed by atoms with E-state index >= 15 is 0 Å². The number of benzene rings is 1. The van der Waals surface area contributed by atoms with Gasteiger partial charge in [0, 0.05) is 24.3 Å². The maximum Gasteiger partial charge on any atom is 0.331 e. The molecule has 0 bridgehead atoms. The van der Waals surface area contributed by atoms with Crippen molar-refractivity contribution in [3.8, 4) is 5.75 Å². The van der Waals surface area contributed by atoms with Crippen LogP contribution in [0.1, 0.15) is 16.1 Å². The van der Waals surface area contributed by atoms with Gasteiger partial charge in [-0.25, -0.2) is 14.8 Å². The topological polar surface area (TPSA) is 134 Å². The Morgan fingerprint density at radius 2 is 1.91 bits per heavy atom. The SMILES string of the molecule is Cn1c(=O)n(CCOc2ccc(Br)cc2)c(=O)c2cc(C(=O)NCc3ccnc(N)c3)ncc21. The summed E-state index contributed by atoms with van der Waals surface area (Å²) in [7, 11) is 1.55. The first-order valence-corrected chi connectivity index (χ1v) is 11.1. The van der Waals surface area contributed by atoms with Crippen LogP contribution in [0.4, 0.5) is 5.82 Å². The van der Waals surface area contributed by atoms with Gasteiger partial charge in [0.1, 0.15) is 23.9 Å². The number of ether oxygens (including phenoxy) is 1. The molecule has 3 N–H and O–H groups in total. The number of nitrogens with one attached hydrogen (secondary N) is 1. The number of carbonyl (C=O) groups excluding carboxylic acids is 1. The zero-order chi connectivity index (χ0) is 24.2. The van der Waals surface area contributed by atoms with E-state index in [0.717, 1.165) is 14.6 Å². The highest BCUT2D eigenvalue weighted by molar-refractivity contribution is 9.10. The van der Waals surface area contributed by atoms with Crippen molar-refractivity contribution in [3.63, 3.8) is 0 Å². The lowest BCUT2D eigenvalue weighted by Gasteiger charge is -2.12. The average Bonchev–Trinajstić information content (AvgIpc) is 2.84. The zero-order valence-corrected chi connectivity index (χ0v) is 19.8. The minimum atomic E-state index is -0.518. The lowest BCUT2D eigenvalue weighted by Crippen LogP contribution is -2.40. The molecule has 0 saturated carbocycles. The third-order valence-electron chi connectivity index (χ3n) is 5.17. The van der Waals surface area contributed by atoms with E-state index in [1.54, 1.807) is 37.5 Å². The predicted molar refractivity (Wildman–Crippen MR) is 131 cm³/mol. The molecule has 4 aromatic rings. The number of rotatable bonds is 7. The number of halogens is 1. The van der Waals surface area contributed by atoms with E-state index in [1.165, 1.54) is 16.8 Å². The molecular weight excluding hydrogens is 504 g/mol. The smallest absolute Gasteiger partial charge is 0.331 e. The second kappa shape index (κ2) is 9.87. The van der Waals surface area contributed by atoms with Crippen molar-refractivity contribution in [2.24, 2.45) is 7.05 Å². The Hall–Kier alpha value is -3.99. The minimum absolute atomic E-state index is 0.0465. The van der Waals surface area contributed by atoms with Crippen molar-refractivity contribution in [1.29, 1.82) is 0 Å². The summed E-state index contributed by atoms with van der Waals surface area (Å²) in [5, 5.41) is 2.95. The van der Waals surface area contributed by atoms with E-state index in [4.69, 9.17) is 10.5 Å². The van der Waals surface area contributed by atoms with E-state index in [9.17, 15) is 14.4 Å². The van der Waals surface area contributed by atoms with Gasteiger partial charge in [0.2, 0.25) is 0 Å². The van der Waals surface area contributed by atoms with Crippen molar-refractivity contribution < 1.29 is 9.53 Å². The second-order valence-corrected chi connectivity index (χ2v) is 8.37. The highest BCUT2D eigenvalue weighted by atomic mass is 79.9. The number of fused-ring (bicyclic) bond motifs is 1. The number of aryl methyl sites for hydroxylation is 1. The number of amides is 1. The Bertz CT molecular complexity index is 1480. The Balaban J connectivity index is 1.56. The largest absolute Gasteiger partial charge is 0.492 e. The molecule has 0 radical (unpaired) electrons. The maximum atomic E-state index is 13.1. The van der Waals surface area contributed by atoms with Gasteiger partial charge >= 0.3 is 5.69 Å². The Morgan fingerprint density at radius 1 is 1.15 bits per heavy atom. The summed E-state index contributed by atoms with van der Waals surface area (Å²) < 4.78 is 8.98. The highest BCUT2D eigenvalue weighted by Gasteiger charge is 2.15. The molecule has 0 saturated heterocycles. The van der Waals surface area contributed by atoms with Gasteiger partial charge in [0.25, 0.3) is 11.5 Å². The van der Waals surface area contributed by atoms with Crippen molar-refractivity contribution in [2.75, 3.05) is 12.3 Å². The zero-order valence-electron chi connectivity index (χ0n) is 18.2. The Labute approximate surface area is 202 Å². The molecule has 0 aliphatic carbocycles. The van der Waals surface area contributed by atoms with Crippen LogP contribution < -0.4 is 27.0 Å². The molecule has 0 atom stereocenters. The predicted octanol–water partition coefficient (Wildman–Crippen LogP) is 1.84. The van der Waals surface area contributed by atoms with E-state index in [1.807, 2.05) is 12.1 Å². The van der Waals surface area contributed by atoms with Crippen molar-refractivity contribution >= 4 is 38.6 Å². The van der Waals surface area contributed by atoms with Crippen LogP contribution in [0.5, 0.6) is 5.75 Å². The number of nitrogen functional groups attached to an aromatic ring is 1. The molecule has 0 aliphatic rings. The van der Waals surface area contributed by atoms with Gasteiger partial charge < -0.3 is 15.8 Å². The molecule has 4 rings (SSSR count). The molecule has 1 amide bonds. The van der Waals surface area contributed by atoms with Gasteiger partial charge in [-0.2, -0.15) is 0 Å². The van der Waals surface area contributed by atoms with Crippen LogP contribution in [-0.2, 0) is 20.1 Å². The van der Waals surface area contributed by atoms with Crippen LogP contribution in [0.2, 0.25) is 0 Å². The summed E-state index contributed by atoms with van der Waals surface area (Å²) in [6, 6.07) is 12.0. The second-order valence-electron chi connectivity index (χ2n) is 7.46. The lowest BCUT2D eigenvalue weighted by atomic mass is 10.2. The van der Waals surface area contributed by atoms with Gasteiger partial charge in [0.15, 0.2) is 0 Å². The quantitative estimate of drug-likeness (QED) is 0.376. The fourth-order valence-electron chi connectivity index (χ4n) is 3.39. The number of anilines is 1. The number of hydrogen-bond donors (Lipinski definition) is 2. The molecule has 174 valence electrons. The van der Waals surface area contributed by atoms with Crippen molar-refractivity contribution in [1.82, 2.24) is 24.4 Å². The molecule has 3 aromatic heterocycles. The first kappa shape index (κ1) is 23.2. The molecular formula is C23H21BrN6O4. The molecule has 1 aromatic carbocycles. The minimum Gasteiger partial charge on any atom is -0.492 e. The van der Waals surface area contributed by atoms with Gasteiger partial charge in [-0.05, 0) is 48.0 Å². The molecule has 3 heterocycles. The van der Waals surface area contributed by atoms with Crippen molar-refractivity contribution in [3.05, 3.63) is 91.4 Å². The maximum absolute atomic E-state index is 13.1. The van der Waals surface area contributed by atoms with Gasteiger partial charge in [-0.1, -0.05) is 15.9 Å². The molecule has 10 nitrogen and oxygen atoms in total. The third kappa shape index (κ3) is 4.99. The first-order valence-electron chi connectivity index (χ1n) is 10.3. The van der Waals surface area contributed by atoms with E-state index in [0.29, 0.717) is 17.1 Å². The molecule has 0 unspecified atom stereocenters. The van der Waals surface area contributed by atoms with Gasteiger partial charge in [-0.3, -0.25) is 18.7 Å². The Morgan fingerprint density at radius 3 is 2.65 bits per heavy atom. The van der Waals surface area contributed by atoms with Crippen LogP contribution >= 0.6 is 15.9 Å². The summed E-state index contributed by atoms with van der Waals surface area (Å²) >= 11 is 3.35. The monoisotopic (exact) mass is 524 g/mol. The van der Waals surface area contributed by atoms with E-state index < -0.39 is 17.2 Å². The Kier molecular flexibility index (Phi) is 6.73. The van der Waals surface area contributed by atoms with Crippen LogP contribution in [0.25, 0.3) is 10.9 Å². The normalized spacial score (nSPS) is 10.9. The molecule has 34 heavy (non-hydrogen) atoms. The number of nitrogens with two attached hydrogens (primary N) is 1. The van der Waals surface area contributed by atoms with E-state index in [-0.39, 0.29) is 30.8 Å². The number of aromatic nitrogens is 4. The molecule has 0 spiro atoms. The molecule has 0 aliphatic heterocycles. The third-order valence-corrected chi connectivity index (χ3v) is 5.69. The molecule has 11 heteroatoms. The van der Waals surface area contributed by atoms with Crippen LogP contribution in [0.3, 0.4) is 0 Å². The van der Waals surface area contributed by atoms with E-state index in [2.05, 4.69) is 31.2 Å². The van der Waals surface area contributed by atoms with Gasteiger partial charge in [-0.15, -0.1) is 0 Å². The fraction of sp³-hybridized carbons (Fsp3) is 0.174. The summed E-state index contributed by atoms with van der Waals surface area (Å²) in [4.78, 5) is 46.5. The number of pyridine rings is 2. The summed E-state index contributed by atoms with van der Waals surface area (Å²) in [5.41, 5.74) is 5.81. The van der Waals surface area contributed by atoms with Crippen LogP contribution in [-0.4, -0.2) is 31.6 Å². The highest BCUT2D eigenvalue weighted by Crippen LogP contribution is 2.16. The fourth-order valence-corrected chi connectivity index (χ4v) is 3.65. The molecule has 0 fully saturated rings. The van der Waals surface area contributed by atoms with Gasteiger partial charge in [0.05, 0.1) is 23.6 Å². The summed E-state index contributed by atoms with van der Waals surface area (Å²) in [6.07, 6.45) is 2.90. The number of hydrogen-bond acceptors (Lipinski definition) is 7. The number of carbonyl (C=O) groups is 1.